The molecule has 0 radical (unpaired) electrons. The van der Waals surface area contributed by atoms with Crippen LogP contribution in [0.15, 0.2) is 17.8 Å². The number of thioether (sulfide) groups is 1. The number of nitroso groups, excluding NO2 is 1. The van der Waals surface area contributed by atoms with Gasteiger partial charge in [0.2, 0.25) is 0 Å². The van der Waals surface area contributed by atoms with Gasteiger partial charge in [0.25, 0.3) is 0 Å². The van der Waals surface area contributed by atoms with Crippen molar-refractivity contribution in [2.75, 3.05) is 36.0 Å². The van der Waals surface area contributed by atoms with Crippen molar-refractivity contribution in [3.05, 3.63) is 17.6 Å². The first kappa shape index (κ1) is 14.8. The Morgan fingerprint density at radius 2 is 2.13 bits per heavy atom. The van der Waals surface area contributed by atoms with Crippen LogP contribution in [0.3, 0.4) is 0 Å². The van der Waals surface area contributed by atoms with Crippen LogP contribution in [-0.4, -0.2) is 56.8 Å². The van der Waals surface area contributed by atoms with Crippen LogP contribution in [0.25, 0.3) is 11.2 Å². The molecule has 23 heavy (non-hydrogen) atoms. The third-order valence-electron chi connectivity index (χ3n) is 4.32. The van der Waals surface area contributed by atoms with E-state index in [4.69, 9.17) is 4.74 Å². The van der Waals surface area contributed by atoms with Crippen molar-refractivity contribution in [1.82, 2.24) is 19.5 Å². The molecular formula is C14H18N6O2S. The molecule has 2 aromatic heterocycles. The Kier molecular flexibility index (Phi) is 4.13. The number of nitrogens with zero attached hydrogens (tertiary/aromatic N) is 6. The summed E-state index contributed by atoms with van der Waals surface area (Å²) in [7, 11) is 0. The summed E-state index contributed by atoms with van der Waals surface area (Å²) in [5, 5.41) is 2.94. The lowest BCUT2D eigenvalue weighted by Gasteiger charge is -2.27. The normalized spacial score (nSPS) is 25.1. The summed E-state index contributed by atoms with van der Waals surface area (Å²) in [4.78, 5) is 26.1. The standard InChI is InChI=1S/C14H18N6O2S/c21-18-7-10-1-2-11(22-10)20-9-17-12-13(15-8-16-14(12)20)19-3-5-23-6-4-19/h8-11H,1-7H2. The highest BCUT2D eigenvalue weighted by Crippen LogP contribution is 2.32. The maximum Gasteiger partial charge on any atom is 0.167 e. The Labute approximate surface area is 137 Å². The van der Waals surface area contributed by atoms with Crippen LogP contribution in [-0.2, 0) is 4.74 Å². The van der Waals surface area contributed by atoms with Gasteiger partial charge in [-0.15, -0.1) is 0 Å². The van der Waals surface area contributed by atoms with E-state index < -0.39 is 0 Å². The Bertz CT molecular complexity index is 702. The highest BCUT2D eigenvalue weighted by Gasteiger charge is 2.29. The van der Waals surface area contributed by atoms with Gasteiger partial charge >= 0.3 is 0 Å². The van der Waals surface area contributed by atoms with Gasteiger partial charge in [-0.05, 0) is 12.8 Å². The van der Waals surface area contributed by atoms with Crippen LogP contribution in [0.2, 0.25) is 0 Å². The Morgan fingerprint density at radius 1 is 1.26 bits per heavy atom. The molecule has 0 amide bonds. The van der Waals surface area contributed by atoms with Crippen LogP contribution in [0, 0.1) is 4.91 Å². The number of ether oxygens (including phenoxy) is 1. The van der Waals surface area contributed by atoms with Gasteiger partial charge in [0.15, 0.2) is 17.0 Å². The molecule has 0 N–H and O–H groups in total. The smallest absolute Gasteiger partial charge is 0.167 e. The fourth-order valence-corrected chi connectivity index (χ4v) is 4.07. The van der Waals surface area contributed by atoms with E-state index in [1.54, 1.807) is 12.7 Å². The van der Waals surface area contributed by atoms with Gasteiger partial charge < -0.3 is 9.64 Å². The maximum absolute atomic E-state index is 10.4. The third kappa shape index (κ3) is 2.78. The molecule has 2 fully saturated rings. The summed E-state index contributed by atoms with van der Waals surface area (Å²) >= 11 is 1.96. The fraction of sp³-hybridized carbons (Fsp3) is 0.643. The van der Waals surface area contributed by atoms with E-state index in [0.717, 1.165) is 54.4 Å². The van der Waals surface area contributed by atoms with Crippen molar-refractivity contribution < 1.29 is 4.74 Å². The molecule has 2 saturated heterocycles. The minimum atomic E-state index is -0.133. The molecule has 0 aromatic carbocycles. The van der Waals surface area contributed by atoms with Crippen molar-refractivity contribution in [3.8, 4) is 0 Å². The minimum absolute atomic E-state index is 0.102. The summed E-state index contributed by atoms with van der Waals surface area (Å²) in [6.07, 6.45) is 4.80. The molecule has 0 spiro atoms. The van der Waals surface area contributed by atoms with E-state index in [2.05, 4.69) is 25.0 Å². The predicted molar refractivity (Wildman–Crippen MR) is 88.7 cm³/mol. The zero-order valence-corrected chi connectivity index (χ0v) is 13.5. The zero-order chi connectivity index (χ0) is 15.6. The molecule has 2 aliphatic rings. The van der Waals surface area contributed by atoms with E-state index in [1.807, 2.05) is 16.3 Å². The summed E-state index contributed by atoms with van der Waals surface area (Å²) in [5.74, 6) is 3.12. The molecule has 0 aliphatic carbocycles. The lowest BCUT2D eigenvalue weighted by Crippen LogP contribution is -2.33. The summed E-state index contributed by atoms with van der Waals surface area (Å²) in [6.45, 7) is 2.17. The van der Waals surface area contributed by atoms with Crippen molar-refractivity contribution >= 4 is 28.7 Å². The van der Waals surface area contributed by atoms with Gasteiger partial charge in [-0.3, -0.25) is 4.57 Å². The summed E-state index contributed by atoms with van der Waals surface area (Å²) in [5.41, 5.74) is 1.61. The molecule has 4 rings (SSSR count). The van der Waals surface area contributed by atoms with E-state index in [1.165, 1.54) is 0 Å². The lowest BCUT2D eigenvalue weighted by atomic mass is 10.2. The van der Waals surface area contributed by atoms with Crippen LogP contribution < -0.4 is 4.90 Å². The Balaban J connectivity index is 1.64. The second kappa shape index (κ2) is 6.40. The van der Waals surface area contributed by atoms with Crippen LogP contribution in [0.4, 0.5) is 5.82 Å². The van der Waals surface area contributed by atoms with Gasteiger partial charge in [-0.25, -0.2) is 15.0 Å². The Hall–Kier alpha value is -1.74. The molecular weight excluding hydrogens is 316 g/mol. The average molecular weight is 334 g/mol. The van der Waals surface area contributed by atoms with Crippen LogP contribution in [0.1, 0.15) is 19.1 Å². The molecule has 2 aromatic rings. The number of aromatic nitrogens is 4. The summed E-state index contributed by atoms with van der Waals surface area (Å²) < 4.78 is 7.84. The van der Waals surface area contributed by atoms with Crippen molar-refractivity contribution in [1.29, 1.82) is 0 Å². The first-order valence-corrected chi connectivity index (χ1v) is 8.97. The topological polar surface area (TPSA) is 85.5 Å². The first-order valence-electron chi connectivity index (χ1n) is 7.81. The Morgan fingerprint density at radius 3 is 2.96 bits per heavy atom. The highest BCUT2D eigenvalue weighted by atomic mass is 32.2. The summed E-state index contributed by atoms with van der Waals surface area (Å²) in [6, 6.07) is 0. The second-order valence-electron chi connectivity index (χ2n) is 5.72. The zero-order valence-electron chi connectivity index (χ0n) is 12.7. The van der Waals surface area contributed by atoms with E-state index in [9.17, 15) is 4.91 Å². The number of anilines is 1. The van der Waals surface area contributed by atoms with E-state index >= 15 is 0 Å². The number of fused-ring (bicyclic) bond motifs is 1. The quantitative estimate of drug-likeness (QED) is 0.788. The van der Waals surface area contributed by atoms with E-state index in [-0.39, 0.29) is 18.9 Å². The molecule has 0 saturated carbocycles. The fourth-order valence-electron chi connectivity index (χ4n) is 3.17. The molecule has 2 atom stereocenters. The highest BCUT2D eigenvalue weighted by molar-refractivity contribution is 7.99. The van der Waals surface area contributed by atoms with Gasteiger partial charge in [-0.2, -0.15) is 16.7 Å². The molecule has 4 heterocycles. The van der Waals surface area contributed by atoms with Gasteiger partial charge in [0.05, 0.1) is 12.4 Å². The van der Waals surface area contributed by atoms with Gasteiger partial charge in [-0.1, -0.05) is 5.18 Å². The largest absolute Gasteiger partial charge is 0.353 e. The van der Waals surface area contributed by atoms with E-state index in [0.29, 0.717) is 0 Å². The molecule has 9 heteroatoms. The van der Waals surface area contributed by atoms with Crippen molar-refractivity contribution in [3.63, 3.8) is 0 Å². The maximum atomic E-state index is 10.4. The average Bonchev–Trinajstić information content (AvgIpc) is 3.22. The minimum Gasteiger partial charge on any atom is -0.353 e. The monoisotopic (exact) mass is 334 g/mol. The first-order chi connectivity index (χ1) is 11.4. The molecule has 8 nitrogen and oxygen atoms in total. The SMILES string of the molecule is O=NCC1CCC(n2cnc3c(N4CCSCC4)ncnc32)O1. The van der Waals surface area contributed by atoms with Gasteiger partial charge in [0.1, 0.15) is 19.1 Å². The molecule has 122 valence electrons. The number of rotatable bonds is 4. The van der Waals surface area contributed by atoms with Crippen molar-refractivity contribution in [2.24, 2.45) is 5.18 Å². The third-order valence-corrected chi connectivity index (χ3v) is 5.27. The number of hydrogen-bond donors (Lipinski definition) is 0. The van der Waals surface area contributed by atoms with Crippen molar-refractivity contribution in [2.45, 2.75) is 25.2 Å². The molecule has 2 aliphatic heterocycles. The predicted octanol–water partition coefficient (Wildman–Crippen LogP) is 1.82. The lowest BCUT2D eigenvalue weighted by molar-refractivity contribution is 0.00876. The van der Waals surface area contributed by atoms with Crippen LogP contribution >= 0.6 is 11.8 Å². The number of hydrogen-bond acceptors (Lipinski definition) is 8. The van der Waals surface area contributed by atoms with Crippen LogP contribution in [0.5, 0.6) is 0 Å². The molecule has 2 unspecified atom stereocenters. The van der Waals surface area contributed by atoms with Gasteiger partial charge in [0, 0.05) is 24.6 Å². The number of imidazole rings is 1. The molecule has 0 bridgehead atoms. The second-order valence-corrected chi connectivity index (χ2v) is 6.95.